The Balaban J connectivity index is 1.37. The predicted octanol–water partition coefficient (Wildman–Crippen LogP) is 4.78. The lowest BCUT2D eigenvalue weighted by atomic mass is 10.2. The molecule has 0 aliphatic rings. The Labute approximate surface area is 193 Å². The molecule has 0 saturated heterocycles. The molecule has 0 aliphatic carbocycles. The van der Waals surface area contributed by atoms with Crippen LogP contribution >= 0.6 is 0 Å². The summed E-state index contributed by atoms with van der Waals surface area (Å²) in [6, 6.07) is 22.3. The van der Waals surface area contributed by atoms with Gasteiger partial charge in [-0.1, -0.05) is 6.07 Å². The molecule has 1 aromatic heterocycles. The molecule has 3 aromatic carbocycles. The molecule has 0 amide bonds. The van der Waals surface area contributed by atoms with E-state index in [2.05, 4.69) is 9.71 Å². The Bertz CT molecular complexity index is 1320. The zero-order valence-corrected chi connectivity index (χ0v) is 19.1. The van der Waals surface area contributed by atoms with Crippen LogP contribution in [0.5, 0.6) is 23.0 Å². The minimum atomic E-state index is -3.72. The molecule has 0 bridgehead atoms. The summed E-state index contributed by atoms with van der Waals surface area (Å²) in [4.78, 5) is 4.45. The standard InChI is InChI=1S/C25H24N2O5S/c1-18(17-31-25-7-3-6-24-23(25)5-4-16-26-24)27-33(28,29)22-14-12-21(13-15-22)32-20-10-8-19(30-2)9-11-20/h3-16,18,27H,17H2,1-2H3/t18-/m0/s1. The molecule has 33 heavy (non-hydrogen) atoms. The number of aromatic nitrogens is 1. The first kappa shape index (κ1) is 22.6. The van der Waals surface area contributed by atoms with E-state index in [1.165, 1.54) is 12.1 Å². The second-order valence-electron chi connectivity index (χ2n) is 7.41. The summed E-state index contributed by atoms with van der Waals surface area (Å²) in [5, 5.41) is 0.877. The van der Waals surface area contributed by atoms with Gasteiger partial charge in [-0.3, -0.25) is 4.98 Å². The molecular weight excluding hydrogens is 440 g/mol. The largest absolute Gasteiger partial charge is 0.497 e. The second kappa shape index (κ2) is 9.89. The van der Waals surface area contributed by atoms with Gasteiger partial charge in [0.05, 0.1) is 23.6 Å². The monoisotopic (exact) mass is 464 g/mol. The first-order chi connectivity index (χ1) is 15.9. The lowest BCUT2D eigenvalue weighted by Crippen LogP contribution is -2.36. The number of nitrogens with one attached hydrogen (secondary N) is 1. The van der Waals surface area contributed by atoms with Gasteiger partial charge >= 0.3 is 0 Å². The average Bonchev–Trinajstić information content (AvgIpc) is 2.83. The summed E-state index contributed by atoms with van der Waals surface area (Å²) >= 11 is 0. The maximum atomic E-state index is 12.8. The lowest BCUT2D eigenvalue weighted by Gasteiger charge is -2.16. The number of sulfonamides is 1. The fourth-order valence-corrected chi connectivity index (χ4v) is 4.48. The van der Waals surface area contributed by atoms with Crippen LogP contribution in [0.25, 0.3) is 10.9 Å². The molecule has 1 atom stereocenters. The van der Waals surface area contributed by atoms with E-state index in [9.17, 15) is 8.42 Å². The normalized spacial score (nSPS) is 12.3. The van der Waals surface area contributed by atoms with Gasteiger partial charge in [-0.2, -0.15) is 0 Å². The number of ether oxygens (including phenoxy) is 3. The number of hydrogen-bond donors (Lipinski definition) is 1. The van der Waals surface area contributed by atoms with Gasteiger partial charge in [-0.15, -0.1) is 0 Å². The Morgan fingerprint density at radius 1 is 0.879 bits per heavy atom. The van der Waals surface area contributed by atoms with Crippen LogP contribution in [0.4, 0.5) is 0 Å². The molecule has 4 rings (SSSR count). The molecule has 4 aromatic rings. The van der Waals surface area contributed by atoms with Crippen LogP contribution in [0.3, 0.4) is 0 Å². The number of hydrogen-bond acceptors (Lipinski definition) is 6. The zero-order chi connectivity index (χ0) is 23.3. The van der Waals surface area contributed by atoms with Crippen molar-refractivity contribution in [2.75, 3.05) is 13.7 Å². The van der Waals surface area contributed by atoms with Crippen LogP contribution in [-0.4, -0.2) is 33.2 Å². The Hall–Kier alpha value is -3.62. The number of pyridine rings is 1. The van der Waals surface area contributed by atoms with Gasteiger partial charge in [0.25, 0.3) is 0 Å². The molecule has 0 unspecified atom stereocenters. The van der Waals surface area contributed by atoms with Crippen LogP contribution < -0.4 is 18.9 Å². The van der Waals surface area contributed by atoms with Gasteiger partial charge in [0.2, 0.25) is 10.0 Å². The average molecular weight is 465 g/mol. The van der Waals surface area contributed by atoms with Gasteiger partial charge in [-0.05, 0) is 79.7 Å². The van der Waals surface area contributed by atoms with Crippen LogP contribution in [0.1, 0.15) is 6.92 Å². The van der Waals surface area contributed by atoms with E-state index < -0.39 is 16.1 Å². The van der Waals surface area contributed by atoms with Crippen molar-refractivity contribution in [1.29, 1.82) is 0 Å². The third-order valence-corrected chi connectivity index (χ3v) is 6.49. The third kappa shape index (κ3) is 5.60. The van der Waals surface area contributed by atoms with E-state index in [1.54, 1.807) is 56.6 Å². The molecule has 1 heterocycles. The maximum Gasteiger partial charge on any atom is 0.240 e. The van der Waals surface area contributed by atoms with Gasteiger partial charge in [0.15, 0.2) is 0 Å². The smallest absolute Gasteiger partial charge is 0.240 e. The second-order valence-corrected chi connectivity index (χ2v) is 9.12. The Morgan fingerprint density at radius 2 is 1.55 bits per heavy atom. The molecule has 1 N–H and O–H groups in total. The Kier molecular flexibility index (Phi) is 6.76. The summed E-state index contributed by atoms with van der Waals surface area (Å²) in [5.41, 5.74) is 0.820. The molecule has 170 valence electrons. The van der Waals surface area contributed by atoms with E-state index in [4.69, 9.17) is 14.2 Å². The van der Waals surface area contributed by atoms with Gasteiger partial charge in [0.1, 0.15) is 29.6 Å². The molecular formula is C25H24N2O5S. The van der Waals surface area contributed by atoms with E-state index in [1.807, 2.05) is 30.3 Å². The minimum absolute atomic E-state index is 0.144. The van der Waals surface area contributed by atoms with Crippen molar-refractivity contribution < 1.29 is 22.6 Å². The van der Waals surface area contributed by atoms with Gasteiger partial charge in [-0.25, -0.2) is 13.1 Å². The highest BCUT2D eigenvalue weighted by molar-refractivity contribution is 7.89. The predicted molar refractivity (Wildman–Crippen MR) is 127 cm³/mol. The summed E-state index contributed by atoms with van der Waals surface area (Å²) in [5.74, 6) is 2.54. The third-order valence-electron chi connectivity index (χ3n) is 4.88. The van der Waals surface area contributed by atoms with Crippen LogP contribution in [-0.2, 0) is 10.0 Å². The molecule has 7 nitrogen and oxygen atoms in total. The SMILES string of the molecule is COc1ccc(Oc2ccc(S(=O)(=O)N[C@@H](C)COc3cccc4ncccc34)cc2)cc1. The topological polar surface area (TPSA) is 86.8 Å². The highest BCUT2D eigenvalue weighted by Gasteiger charge is 2.18. The molecule has 0 saturated carbocycles. The lowest BCUT2D eigenvalue weighted by molar-refractivity contribution is 0.290. The van der Waals surface area contributed by atoms with E-state index in [0.717, 1.165) is 16.7 Å². The van der Waals surface area contributed by atoms with Crippen molar-refractivity contribution >= 4 is 20.9 Å². The number of fused-ring (bicyclic) bond motifs is 1. The van der Waals surface area contributed by atoms with Crippen molar-refractivity contribution in [3.63, 3.8) is 0 Å². The van der Waals surface area contributed by atoms with Crippen LogP contribution in [0.15, 0.2) is 90.0 Å². The molecule has 0 spiro atoms. The van der Waals surface area contributed by atoms with Crippen LogP contribution in [0, 0.1) is 0 Å². The summed E-state index contributed by atoms with van der Waals surface area (Å²) in [6.07, 6.45) is 1.72. The fourth-order valence-electron chi connectivity index (χ4n) is 3.25. The van der Waals surface area contributed by atoms with Gasteiger partial charge < -0.3 is 14.2 Å². The highest BCUT2D eigenvalue weighted by atomic mass is 32.2. The molecule has 0 aliphatic heterocycles. The molecule has 8 heteroatoms. The van der Waals surface area contributed by atoms with Crippen LogP contribution in [0.2, 0.25) is 0 Å². The summed E-state index contributed by atoms with van der Waals surface area (Å²) in [6.45, 7) is 1.92. The van der Waals surface area contributed by atoms with Crippen molar-refractivity contribution in [1.82, 2.24) is 9.71 Å². The van der Waals surface area contributed by atoms with Crippen molar-refractivity contribution in [3.05, 3.63) is 85.1 Å². The number of rotatable bonds is 9. The summed E-state index contributed by atoms with van der Waals surface area (Å²) < 4.78 is 44.9. The highest BCUT2D eigenvalue weighted by Crippen LogP contribution is 2.26. The zero-order valence-electron chi connectivity index (χ0n) is 18.3. The quantitative estimate of drug-likeness (QED) is 0.384. The summed E-state index contributed by atoms with van der Waals surface area (Å²) in [7, 11) is -2.13. The van der Waals surface area contributed by atoms with E-state index >= 15 is 0 Å². The first-order valence-corrected chi connectivity index (χ1v) is 11.8. The molecule has 0 radical (unpaired) electrons. The number of methoxy groups -OCH3 is 1. The maximum absolute atomic E-state index is 12.8. The number of nitrogens with zero attached hydrogens (tertiary/aromatic N) is 1. The van der Waals surface area contributed by atoms with Crippen molar-refractivity contribution in [2.24, 2.45) is 0 Å². The number of benzene rings is 3. The fraction of sp³-hybridized carbons (Fsp3) is 0.160. The van der Waals surface area contributed by atoms with E-state index in [-0.39, 0.29) is 11.5 Å². The van der Waals surface area contributed by atoms with Gasteiger partial charge in [0, 0.05) is 11.6 Å². The molecule has 0 fully saturated rings. The Morgan fingerprint density at radius 3 is 2.24 bits per heavy atom. The minimum Gasteiger partial charge on any atom is -0.497 e. The van der Waals surface area contributed by atoms with Crippen molar-refractivity contribution in [2.45, 2.75) is 17.9 Å². The van der Waals surface area contributed by atoms with Crippen molar-refractivity contribution in [3.8, 4) is 23.0 Å². The first-order valence-electron chi connectivity index (χ1n) is 10.4. The van der Waals surface area contributed by atoms with E-state index in [0.29, 0.717) is 17.2 Å².